The number of allylic oxidation sites excluding steroid dienone is 1. The smallest absolute Gasteiger partial charge is 0.416 e. The molecule has 0 heterocycles. The van der Waals surface area contributed by atoms with Crippen LogP contribution in [0.5, 0.6) is 0 Å². The minimum absolute atomic E-state index is 0.0142. The van der Waals surface area contributed by atoms with E-state index in [0.29, 0.717) is 0 Å². The third-order valence-corrected chi connectivity index (χ3v) is 2.60. The summed E-state index contributed by atoms with van der Waals surface area (Å²) in [5, 5.41) is 11.5. The van der Waals surface area contributed by atoms with Crippen LogP contribution < -0.4 is 5.32 Å². The first-order valence-electron chi connectivity index (χ1n) is 6.14. The zero-order valence-corrected chi connectivity index (χ0v) is 11.4. The predicted octanol–water partition coefficient (Wildman–Crippen LogP) is 2.87. The SMILES string of the molecule is C=C(C)OC(=O)N[C@H](CO)Cc1ccccc1C(F)(F)F. The van der Waals surface area contributed by atoms with Gasteiger partial charge in [-0.2, -0.15) is 13.2 Å². The van der Waals surface area contributed by atoms with Crippen molar-refractivity contribution >= 4 is 6.09 Å². The Morgan fingerprint density at radius 3 is 2.57 bits per heavy atom. The lowest BCUT2D eigenvalue weighted by Gasteiger charge is -2.19. The predicted molar refractivity (Wildman–Crippen MR) is 70.5 cm³/mol. The van der Waals surface area contributed by atoms with Crippen molar-refractivity contribution in [2.75, 3.05) is 6.61 Å². The molecule has 7 heteroatoms. The lowest BCUT2D eigenvalue weighted by atomic mass is 10.0. The molecular weight excluding hydrogens is 287 g/mol. The number of nitrogens with one attached hydrogen (secondary N) is 1. The second-order valence-electron chi connectivity index (χ2n) is 4.47. The van der Waals surface area contributed by atoms with Gasteiger partial charge in [-0.25, -0.2) is 4.79 Å². The Bertz CT molecular complexity index is 514. The largest absolute Gasteiger partial charge is 0.416 e. The summed E-state index contributed by atoms with van der Waals surface area (Å²) in [6.45, 7) is 4.30. The van der Waals surface area contributed by atoms with Crippen LogP contribution in [-0.2, 0) is 17.3 Å². The molecule has 0 aromatic heterocycles. The molecule has 0 unspecified atom stereocenters. The van der Waals surface area contributed by atoms with E-state index in [9.17, 15) is 23.1 Å². The van der Waals surface area contributed by atoms with Crippen molar-refractivity contribution in [1.29, 1.82) is 0 Å². The van der Waals surface area contributed by atoms with Gasteiger partial charge in [0.15, 0.2) is 0 Å². The molecule has 1 aromatic rings. The molecule has 0 saturated carbocycles. The van der Waals surface area contributed by atoms with E-state index in [2.05, 4.69) is 16.6 Å². The maximum absolute atomic E-state index is 12.9. The highest BCUT2D eigenvalue weighted by molar-refractivity contribution is 5.68. The molecular formula is C14H16F3NO3. The molecule has 0 radical (unpaired) electrons. The second kappa shape index (κ2) is 7.12. The molecule has 0 aliphatic heterocycles. The van der Waals surface area contributed by atoms with Gasteiger partial charge in [-0.15, -0.1) is 0 Å². The summed E-state index contributed by atoms with van der Waals surface area (Å²) in [6, 6.07) is 4.11. The molecule has 0 bridgehead atoms. The third-order valence-electron chi connectivity index (χ3n) is 2.60. The normalized spacial score (nSPS) is 12.6. The number of carbonyl (C=O) groups excluding carboxylic acids is 1. The summed E-state index contributed by atoms with van der Waals surface area (Å²) in [5.41, 5.74) is -0.807. The van der Waals surface area contributed by atoms with Gasteiger partial charge in [-0.3, -0.25) is 0 Å². The van der Waals surface area contributed by atoms with Gasteiger partial charge < -0.3 is 15.2 Å². The number of alkyl carbamates (subject to hydrolysis) is 1. The number of aliphatic hydroxyl groups is 1. The molecule has 0 aliphatic carbocycles. The van der Waals surface area contributed by atoms with Crippen LogP contribution in [0.4, 0.5) is 18.0 Å². The number of halogens is 3. The lowest BCUT2D eigenvalue weighted by Crippen LogP contribution is -2.39. The van der Waals surface area contributed by atoms with E-state index < -0.39 is 30.5 Å². The van der Waals surface area contributed by atoms with Crippen LogP contribution in [0.15, 0.2) is 36.6 Å². The Morgan fingerprint density at radius 2 is 2.05 bits per heavy atom. The van der Waals surface area contributed by atoms with Gasteiger partial charge in [0.1, 0.15) is 0 Å². The number of rotatable bonds is 5. The van der Waals surface area contributed by atoms with Crippen molar-refractivity contribution in [2.24, 2.45) is 0 Å². The Kier molecular flexibility index (Phi) is 5.78. The average Bonchev–Trinajstić information content (AvgIpc) is 2.36. The van der Waals surface area contributed by atoms with Gasteiger partial charge in [0.05, 0.1) is 24.0 Å². The van der Waals surface area contributed by atoms with Crippen LogP contribution >= 0.6 is 0 Å². The summed E-state index contributed by atoms with van der Waals surface area (Å²) in [5.74, 6) is 0.139. The van der Waals surface area contributed by atoms with Crippen molar-refractivity contribution < 1.29 is 27.8 Å². The minimum Gasteiger partial charge on any atom is -0.416 e. The highest BCUT2D eigenvalue weighted by atomic mass is 19.4. The number of hydrogen-bond acceptors (Lipinski definition) is 3. The first kappa shape index (κ1) is 17.0. The number of benzene rings is 1. The highest BCUT2D eigenvalue weighted by Crippen LogP contribution is 2.32. The Labute approximate surface area is 120 Å². The summed E-state index contributed by atoms with van der Waals surface area (Å²) >= 11 is 0. The molecule has 0 saturated heterocycles. The van der Waals surface area contributed by atoms with Gasteiger partial charge in [-0.1, -0.05) is 24.8 Å². The first-order chi connectivity index (χ1) is 9.74. The first-order valence-corrected chi connectivity index (χ1v) is 6.14. The number of alkyl halides is 3. The van der Waals surface area contributed by atoms with E-state index in [0.717, 1.165) is 6.07 Å². The lowest BCUT2D eigenvalue weighted by molar-refractivity contribution is -0.138. The zero-order chi connectivity index (χ0) is 16.0. The average molecular weight is 303 g/mol. The Hall–Kier alpha value is -2.02. The molecule has 1 amide bonds. The number of ether oxygens (including phenoxy) is 1. The van der Waals surface area contributed by atoms with E-state index >= 15 is 0 Å². The highest BCUT2D eigenvalue weighted by Gasteiger charge is 2.33. The summed E-state index contributed by atoms with van der Waals surface area (Å²) in [7, 11) is 0. The van der Waals surface area contributed by atoms with Crippen molar-refractivity contribution in [3.8, 4) is 0 Å². The third kappa shape index (κ3) is 5.47. The molecule has 1 atom stereocenters. The van der Waals surface area contributed by atoms with Crippen molar-refractivity contribution in [3.63, 3.8) is 0 Å². The van der Waals surface area contributed by atoms with Gasteiger partial charge in [0.2, 0.25) is 0 Å². The number of aliphatic hydroxyl groups excluding tert-OH is 1. The van der Waals surface area contributed by atoms with E-state index in [4.69, 9.17) is 0 Å². The number of carbonyl (C=O) groups is 1. The maximum atomic E-state index is 12.9. The van der Waals surface area contributed by atoms with Crippen LogP contribution in [0.1, 0.15) is 18.1 Å². The minimum atomic E-state index is -4.49. The standard InChI is InChI=1S/C14H16F3NO3/c1-9(2)21-13(20)18-11(8-19)7-10-5-3-4-6-12(10)14(15,16)17/h3-6,11,19H,1,7-8H2,2H3,(H,18,20)/t11-/m0/s1. The molecule has 2 N–H and O–H groups in total. The van der Waals surface area contributed by atoms with Crippen molar-refractivity contribution in [1.82, 2.24) is 5.32 Å². The van der Waals surface area contributed by atoms with Gasteiger partial charge in [0.25, 0.3) is 0 Å². The van der Waals surface area contributed by atoms with E-state index in [1.165, 1.54) is 25.1 Å². The van der Waals surface area contributed by atoms with Crippen LogP contribution in [0, 0.1) is 0 Å². The van der Waals surface area contributed by atoms with Crippen LogP contribution in [0.2, 0.25) is 0 Å². The van der Waals surface area contributed by atoms with Crippen LogP contribution in [-0.4, -0.2) is 23.8 Å². The molecule has 0 fully saturated rings. The zero-order valence-electron chi connectivity index (χ0n) is 11.4. The Morgan fingerprint density at radius 1 is 1.43 bits per heavy atom. The van der Waals surface area contributed by atoms with Gasteiger partial charge in [0, 0.05) is 0 Å². The van der Waals surface area contributed by atoms with Crippen molar-refractivity contribution in [3.05, 3.63) is 47.7 Å². The molecule has 0 spiro atoms. The topological polar surface area (TPSA) is 58.6 Å². The second-order valence-corrected chi connectivity index (χ2v) is 4.47. The summed E-state index contributed by atoms with van der Waals surface area (Å²) < 4.78 is 43.2. The fraction of sp³-hybridized carbons (Fsp3) is 0.357. The molecule has 1 aromatic carbocycles. The van der Waals surface area contributed by atoms with Crippen molar-refractivity contribution in [2.45, 2.75) is 25.6 Å². The Balaban J connectivity index is 2.83. The van der Waals surface area contributed by atoms with E-state index in [-0.39, 0.29) is 17.7 Å². The number of hydrogen-bond donors (Lipinski definition) is 2. The molecule has 4 nitrogen and oxygen atoms in total. The summed E-state index contributed by atoms with van der Waals surface area (Å²) in [4.78, 5) is 11.4. The maximum Gasteiger partial charge on any atom is 0.416 e. The summed E-state index contributed by atoms with van der Waals surface area (Å²) in [6.07, 6.45) is -5.53. The van der Waals surface area contributed by atoms with Gasteiger partial charge in [-0.05, 0) is 25.0 Å². The number of amides is 1. The molecule has 1 rings (SSSR count). The van der Waals surface area contributed by atoms with Gasteiger partial charge >= 0.3 is 12.3 Å². The fourth-order valence-corrected chi connectivity index (χ4v) is 1.76. The van der Waals surface area contributed by atoms with Crippen LogP contribution in [0.25, 0.3) is 0 Å². The van der Waals surface area contributed by atoms with E-state index in [1.54, 1.807) is 0 Å². The molecule has 116 valence electrons. The van der Waals surface area contributed by atoms with E-state index in [1.807, 2.05) is 0 Å². The molecule has 0 aliphatic rings. The fourth-order valence-electron chi connectivity index (χ4n) is 1.76. The van der Waals surface area contributed by atoms with Crippen LogP contribution in [0.3, 0.4) is 0 Å². The monoisotopic (exact) mass is 303 g/mol. The molecule has 21 heavy (non-hydrogen) atoms. The quantitative estimate of drug-likeness (QED) is 0.822.